The van der Waals surface area contributed by atoms with Gasteiger partial charge in [0.1, 0.15) is 0 Å². The van der Waals surface area contributed by atoms with E-state index in [0.717, 1.165) is 6.42 Å². The Kier molecular flexibility index (Phi) is 3.85. The number of nitrogens with two attached hydrogens (primary N) is 1. The third-order valence-electron chi connectivity index (χ3n) is 4.37. The third kappa shape index (κ3) is 2.38. The average Bonchev–Trinajstić information content (AvgIpc) is 2.92. The molecule has 1 aliphatic heterocycles. The summed E-state index contributed by atoms with van der Waals surface area (Å²) in [5.41, 5.74) is 7.87. The van der Waals surface area contributed by atoms with Crippen LogP contribution in [0.3, 0.4) is 0 Å². The van der Waals surface area contributed by atoms with Crippen molar-refractivity contribution in [2.75, 3.05) is 13.1 Å². The van der Waals surface area contributed by atoms with Gasteiger partial charge in [-0.1, -0.05) is 37.3 Å². The van der Waals surface area contributed by atoms with Gasteiger partial charge < -0.3 is 5.73 Å². The first-order valence-corrected chi connectivity index (χ1v) is 6.74. The minimum Gasteiger partial charge on any atom is -0.322 e. The van der Waals surface area contributed by atoms with E-state index in [1.165, 1.54) is 31.5 Å². The van der Waals surface area contributed by atoms with Gasteiger partial charge in [-0.2, -0.15) is 0 Å². The molecule has 1 aliphatic rings. The molecule has 0 unspecified atom stereocenters. The third-order valence-corrected chi connectivity index (χ3v) is 4.37. The molecule has 1 saturated heterocycles. The minimum atomic E-state index is 0.0951. The van der Waals surface area contributed by atoms with Gasteiger partial charge in [0.05, 0.1) is 0 Å². The van der Waals surface area contributed by atoms with Gasteiger partial charge in [0, 0.05) is 11.6 Å². The highest BCUT2D eigenvalue weighted by Gasteiger charge is 2.38. The van der Waals surface area contributed by atoms with Crippen LogP contribution in [0.4, 0.5) is 0 Å². The second-order valence-corrected chi connectivity index (χ2v) is 5.29. The van der Waals surface area contributed by atoms with Crippen molar-refractivity contribution in [2.45, 2.75) is 44.7 Å². The van der Waals surface area contributed by atoms with Gasteiger partial charge >= 0.3 is 0 Å². The Labute approximate surface area is 105 Å². The summed E-state index contributed by atoms with van der Waals surface area (Å²) < 4.78 is 0. The Morgan fingerprint density at radius 2 is 1.82 bits per heavy atom. The lowest BCUT2D eigenvalue weighted by atomic mass is 9.84. The van der Waals surface area contributed by atoms with Gasteiger partial charge in [0.25, 0.3) is 0 Å². The molecule has 0 bridgehead atoms. The van der Waals surface area contributed by atoms with Crippen molar-refractivity contribution < 1.29 is 0 Å². The van der Waals surface area contributed by atoms with Gasteiger partial charge in [-0.3, -0.25) is 4.90 Å². The molecule has 1 aromatic carbocycles. The summed E-state index contributed by atoms with van der Waals surface area (Å²) in [7, 11) is 0. The van der Waals surface area contributed by atoms with Crippen molar-refractivity contribution in [3.8, 4) is 0 Å². The molecule has 2 rings (SSSR count). The van der Waals surface area contributed by atoms with Crippen molar-refractivity contribution in [1.29, 1.82) is 0 Å². The topological polar surface area (TPSA) is 29.3 Å². The Bertz CT molecular complexity index is 343. The molecule has 0 aliphatic carbocycles. The number of hydrogen-bond donors (Lipinski definition) is 1. The van der Waals surface area contributed by atoms with E-state index in [1.807, 2.05) is 0 Å². The summed E-state index contributed by atoms with van der Waals surface area (Å²) >= 11 is 0. The molecular weight excluding hydrogens is 208 g/mol. The maximum Gasteiger partial charge on any atom is 0.0479 e. The first-order valence-electron chi connectivity index (χ1n) is 6.74. The van der Waals surface area contributed by atoms with E-state index in [1.54, 1.807) is 0 Å². The molecule has 0 saturated carbocycles. The normalized spacial score (nSPS) is 22.3. The molecule has 2 nitrogen and oxygen atoms in total. The molecule has 2 heteroatoms. The molecule has 1 aromatic rings. The summed E-state index contributed by atoms with van der Waals surface area (Å²) in [4.78, 5) is 2.57. The zero-order valence-electron chi connectivity index (χ0n) is 11.0. The van der Waals surface area contributed by atoms with Crippen LogP contribution >= 0.6 is 0 Å². The molecule has 94 valence electrons. The van der Waals surface area contributed by atoms with E-state index in [9.17, 15) is 0 Å². The summed E-state index contributed by atoms with van der Waals surface area (Å²) in [5, 5.41) is 0. The van der Waals surface area contributed by atoms with E-state index in [4.69, 9.17) is 5.73 Å². The smallest absolute Gasteiger partial charge is 0.0479 e. The van der Waals surface area contributed by atoms with Crippen molar-refractivity contribution >= 4 is 0 Å². The fourth-order valence-electron chi connectivity index (χ4n) is 2.89. The zero-order valence-corrected chi connectivity index (χ0v) is 11.0. The van der Waals surface area contributed by atoms with Crippen molar-refractivity contribution in [2.24, 2.45) is 5.73 Å². The minimum absolute atomic E-state index is 0.0951. The van der Waals surface area contributed by atoms with Crippen LogP contribution in [0.25, 0.3) is 0 Å². The number of hydrogen-bond acceptors (Lipinski definition) is 2. The van der Waals surface area contributed by atoms with E-state index in [0.29, 0.717) is 0 Å². The molecular formula is C15H24N2. The zero-order chi connectivity index (χ0) is 12.3. The fraction of sp³-hybridized carbons (Fsp3) is 0.600. The maximum atomic E-state index is 6.52. The SMILES string of the molecule is CC[C@](C)([C@@H](N)c1ccccc1)N1CCCC1. The molecule has 1 fully saturated rings. The summed E-state index contributed by atoms with van der Waals surface area (Å²) in [6.07, 6.45) is 3.73. The number of benzene rings is 1. The number of likely N-dealkylation sites (tertiary alicyclic amines) is 1. The summed E-state index contributed by atoms with van der Waals surface area (Å²) in [6, 6.07) is 10.6. The van der Waals surface area contributed by atoms with Crippen LogP contribution in [0.1, 0.15) is 44.7 Å². The number of rotatable bonds is 4. The van der Waals surface area contributed by atoms with Crippen molar-refractivity contribution in [3.05, 3.63) is 35.9 Å². The Morgan fingerprint density at radius 1 is 1.24 bits per heavy atom. The lowest BCUT2D eigenvalue weighted by Crippen LogP contribution is -2.51. The van der Waals surface area contributed by atoms with E-state index < -0.39 is 0 Å². The van der Waals surface area contributed by atoms with Crippen LogP contribution in [0.5, 0.6) is 0 Å². The first-order chi connectivity index (χ1) is 8.18. The fourth-order valence-corrected chi connectivity index (χ4v) is 2.89. The summed E-state index contributed by atoms with van der Waals surface area (Å²) in [6.45, 7) is 6.97. The highest BCUT2D eigenvalue weighted by Crippen LogP contribution is 2.34. The molecule has 1 heterocycles. The highest BCUT2D eigenvalue weighted by atomic mass is 15.2. The first kappa shape index (κ1) is 12.6. The second-order valence-electron chi connectivity index (χ2n) is 5.29. The molecule has 0 radical (unpaired) electrons. The molecule has 0 aromatic heterocycles. The molecule has 2 N–H and O–H groups in total. The van der Waals surface area contributed by atoms with Crippen LogP contribution in [0.2, 0.25) is 0 Å². The Balaban J connectivity index is 2.22. The summed E-state index contributed by atoms with van der Waals surface area (Å²) in [5.74, 6) is 0. The molecule has 17 heavy (non-hydrogen) atoms. The van der Waals surface area contributed by atoms with Crippen LogP contribution in [0, 0.1) is 0 Å². The predicted molar refractivity (Wildman–Crippen MR) is 72.9 cm³/mol. The standard InChI is InChI=1S/C15H24N2/c1-3-15(2,17-11-7-8-12-17)14(16)13-9-5-4-6-10-13/h4-6,9-10,14H,3,7-8,11-12,16H2,1-2H3/t14-,15+/m0/s1. The average molecular weight is 232 g/mol. The molecule has 0 amide bonds. The van der Waals surface area contributed by atoms with Gasteiger partial charge in [-0.15, -0.1) is 0 Å². The quantitative estimate of drug-likeness (QED) is 0.865. The molecule has 0 spiro atoms. The lowest BCUT2D eigenvalue weighted by molar-refractivity contribution is 0.100. The van der Waals surface area contributed by atoms with E-state index >= 15 is 0 Å². The Morgan fingerprint density at radius 3 is 2.35 bits per heavy atom. The van der Waals surface area contributed by atoms with Gasteiger partial charge in [0.2, 0.25) is 0 Å². The van der Waals surface area contributed by atoms with Crippen molar-refractivity contribution in [3.63, 3.8) is 0 Å². The predicted octanol–water partition coefficient (Wildman–Crippen LogP) is 2.95. The van der Waals surface area contributed by atoms with E-state index in [2.05, 4.69) is 49.1 Å². The van der Waals surface area contributed by atoms with Gasteiger partial charge in [-0.05, 0) is 44.8 Å². The van der Waals surface area contributed by atoms with Crippen LogP contribution in [0.15, 0.2) is 30.3 Å². The van der Waals surface area contributed by atoms with Gasteiger partial charge in [-0.25, -0.2) is 0 Å². The monoisotopic (exact) mass is 232 g/mol. The number of nitrogens with zero attached hydrogens (tertiary/aromatic N) is 1. The molecule has 2 atom stereocenters. The van der Waals surface area contributed by atoms with Crippen molar-refractivity contribution in [1.82, 2.24) is 4.90 Å². The largest absolute Gasteiger partial charge is 0.322 e. The van der Waals surface area contributed by atoms with Crippen LogP contribution in [-0.2, 0) is 0 Å². The maximum absolute atomic E-state index is 6.52. The Hall–Kier alpha value is -0.860. The second kappa shape index (κ2) is 5.19. The highest BCUT2D eigenvalue weighted by molar-refractivity contribution is 5.22. The van der Waals surface area contributed by atoms with Crippen LogP contribution < -0.4 is 5.73 Å². The lowest BCUT2D eigenvalue weighted by Gasteiger charge is -2.43. The van der Waals surface area contributed by atoms with E-state index in [-0.39, 0.29) is 11.6 Å². The van der Waals surface area contributed by atoms with Crippen LogP contribution in [-0.4, -0.2) is 23.5 Å². The van der Waals surface area contributed by atoms with Gasteiger partial charge in [0.15, 0.2) is 0 Å².